The van der Waals surface area contributed by atoms with Gasteiger partial charge < -0.3 is 9.47 Å². The van der Waals surface area contributed by atoms with E-state index in [0.717, 1.165) is 11.1 Å². The van der Waals surface area contributed by atoms with Crippen LogP contribution < -0.4 is 0 Å². The van der Waals surface area contributed by atoms with Crippen molar-refractivity contribution in [2.24, 2.45) is 5.92 Å². The second-order valence-corrected chi connectivity index (χ2v) is 6.91. The molecular weight excluding hydrogens is 392 g/mol. The van der Waals surface area contributed by atoms with Gasteiger partial charge in [-0.1, -0.05) is 72.9 Å². The molecule has 0 radical (unpaired) electrons. The van der Waals surface area contributed by atoms with Crippen LogP contribution in [0.5, 0.6) is 0 Å². The number of carbonyl (C=O) groups is 2. The Balaban J connectivity index is 0.000000362. The largest absolute Gasteiger partial charge is 0.465 e. The molecule has 6 heteroatoms. The average Bonchev–Trinajstić information content (AvgIpc) is 2.70. The molecule has 150 valence electrons. The van der Waals surface area contributed by atoms with Crippen molar-refractivity contribution in [1.29, 1.82) is 0 Å². The minimum Gasteiger partial charge on any atom is -0.465 e. The van der Waals surface area contributed by atoms with Crippen molar-refractivity contribution >= 4 is 41.0 Å². The van der Waals surface area contributed by atoms with Gasteiger partial charge in [0.05, 0.1) is 17.4 Å². The number of carbonyl (C=O) groups excluding carboxylic acids is 2. The fraction of sp³-hybridized carbons (Fsp3) is 0.318. The molecule has 0 aliphatic carbocycles. The highest BCUT2D eigenvalue weighted by molar-refractivity contribution is 8.11. The van der Waals surface area contributed by atoms with Crippen molar-refractivity contribution < 1.29 is 19.1 Å². The molecule has 0 bridgehead atoms. The lowest BCUT2D eigenvalue weighted by Gasteiger charge is -2.14. The molecule has 0 N–H and O–H groups in total. The van der Waals surface area contributed by atoms with Crippen molar-refractivity contribution in [2.45, 2.75) is 26.7 Å². The minimum atomic E-state index is -0.833. The summed E-state index contributed by atoms with van der Waals surface area (Å²) in [6.07, 6.45) is 1.05. The van der Waals surface area contributed by atoms with E-state index < -0.39 is 17.9 Å². The molecule has 2 rings (SSSR count). The van der Waals surface area contributed by atoms with Crippen LogP contribution >= 0.6 is 24.8 Å². The van der Waals surface area contributed by atoms with Crippen LogP contribution in [0.2, 0.25) is 0 Å². The number of aryl methyl sites for hydroxylation is 1. The number of hydrogen-bond donors (Lipinski definition) is 1. The normalized spacial score (nSPS) is 9.86. The third-order valence-electron chi connectivity index (χ3n) is 3.73. The Hall–Kier alpha value is -2.18. The van der Waals surface area contributed by atoms with Crippen LogP contribution in [0.4, 0.5) is 0 Å². The van der Waals surface area contributed by atoms with Gasteiger partial charge in [0.2, 0.25) is 0 Å². The Labute approximate surface area is 177 Å². The van der Waals surface area contributed by atoms with Crippen LogP contribution in [-0.2, 0) is 25.5 Å². The van der Waals surface area contributed by atoms with E-state index in [1.807, 2.05) is 60.7 Å². The number of esters is 2. The molecule has 2 aromatic carbocycles. The van der Waals surface area contributed by atoms with Crippen LogP contribution in [0.3, 0.4) is 0 Å². The third-order valence-corrected chi connectivity index (χ3v) is 4.22. The third kappa shape index (κ3) is 9.15. The highest BCUT2D eigenvalue weighted by atomic mass is 32.1. The van der Waals surface area contributed by atoms with E-state index in [0.29, 0.717) is 17.0 Å². The van der Waals surface area contributed by atoms with Gasteiger partial charge >= 0.3 is 11.9 Å². The number of ether oxygens (including phenoxy) is 2. The van der Waals surface area contributed by atoms with E-state index in [-0.39, 0.29) is 13.2 Å². The van der Waals surface area contributed by atoms with Gasteiger partial charge in [0.1, 0.15) is 0 Å². The van der Waals surface area contributed by atoms with Crippen molar-refractivity contribution in [3.63, 3.8) is 0 Å². The quantitative estimate of drug-likeness (QED) is 0.293. The van der Waals surface area contributed by atoms with Crippen LogP contribution in [0.15, 0.2) is 60.7 Å². The zero-order chi connectivity index (χ0) is 20.8. The molecule has 0 aromatic heterocycles. The predicted molar refractivity (Wildman–Crippen MR) is 119 cm³/mol. The Kier molecular flexibility index (Phi) is 11.9. The summed E-state index contributed by atoms with van der Waals surface area (Å²) in [5.41, 5.74) is 2.09. The molecule has 0 atom stereocenters. The fourth-order valence-electron chi connectivity index (χ4n) is 2.35. The molecule has 0 aliphatic heterocycles. The van der Waals surface area contributed by atoms with Crippen LogP contribution in [0.1, 0.15) is 31.4 Å². The molecule has 2 aromatic rings. The highest BCUT2D eigenvalue weighted by Gasteiger charge is 2.28. The number of thiol groups is 1. The Bertz CT molecular complexity index is 715. The summed E-state index contributed by atoms with van der Waals surface area (Å²) in [7, 11) is 0. The second-order valence-electron chi connectivity index (χ2n) is 5.75. The predicted octanol–water partition coefficient (Wildman–Crippen LogP) is 4.65. The summed E-state index contributed by atoms with van der Waals surface area (Å²) in [5, 5.41) is 0. The number of benzene rings is 2. The maximum atomic E-state index is 11.8. The van der Waals surface area contributed by atoms with E-state index in [1.54, 1.807) is 13.8 Å². The topological polar surface area (TPSA) is 52.6 Å². The monoisotopic (exact) mass is 418 g/mol. The Morgan fingerprint density at radius 1 is 0.893 bits per heavy atom. The highest BCUT2D eigenvalue weighted by Crippen LogP contribution is 2.14. The van der Waals surface area contributed by atoms with Crippen LogP contribution in [0, 0.1) is 5.92 Å². The summed E-state index contributed by atoms with van der Waals surface area (Å²) in [6, 6.07) is 19.4. The number of hydrogen-bond acceptors (Lipinski definition) is 5. The first-order valence-corrected chi connectivity index (χ1v) is 10.0. The van der Waals surface area contributed by atoms with E-state index in [9.17, 15) is 9.59 Å². The SMILES string of the molecule is CCOC(=O)C(CCc1ccccc1)C(=O)OCC.S=C(S)c1ccccc1. The Morgan fingerprint density at radius 2 is 1.36 bits per heavy atom. The molecule has 0 saturated heterocycles. The lowest BCUT2D eigenvalue weighted by atomic mass is 9.99. The summed E-state index contributed by atoms with van der Waals surface area (Å²) < 4.78 is 10.5. The minimum absolute atomic E-state index is 0.264. The molecule has 0 heterocycles. The molecule has 0 unspecified atom stereocenters. The number of rotatable bonds is 8. The molecule has 0 aliphatic rings. The summed E-state index contributed by atoms with van der Waals surface area (Å²) in [5.74, 6) is -1.84. The average molecular weight is 419 g/mol. The summed E-state index contributed by atoms with van der Waals surface area (Å²) in [4.78, 5) is 23.5. The van der Waals surface area contributed by atoms with Crippen molar-refractivity contribution in [3.05, 3.63) is 71.8 Å². The van der Waals surface area contributed by atoms with Gasteiger partial charge in [0.15, 0.2) is 5.92 Å². The summed E-state index contributed by atoms with van der Waals surface area (Å²) in [6.45, 7) is 3.97. The first-order chi connectivity index (χ1) is 13.5. The molecule has 4 nitrogen and oxygen atoms in total. The first kappa shape index (κ1) is 23.9. The van der Waals surface area contributed by atoms with E-state index in [2.05, 4.69) is 12.6 Å². The number of thiocarbonyl (C=S) groups is 1. The van der Waals surface area contributed by atoms with Crippen molar-refractivity contribution in [2.75, 3.05) is 13.2 Å². The van der Waals surface area contributed by atoms with Gasteiger partial charge in [-0.25, -0.2) is 0 Å². The van der Waals surface area contributed by atoms with E-state index >= 15 is 0 Å². The standard InChI is InChI=1S/C15H20O4.C7H6S2/c1-3-18-14(16)13(15(17)19-4-2)11-10-12-8-6-5-7-9-12;8-7(9)6-4-2-1-3-5-6/h5-9,13H,3-4,10-11H2,1-2H3;1-5H,(H,8,9). The molecule has 0 spiro atoms. The van der Waals surface area contributed by atoms with Gasteiger partial charge in [0, 0.05) is 0 Å². The van der Waals surface area contributed by atoms with Gasteiger partial charge in [-0.15, -0.1) is 12.6 Å². The maximum absolute atomic E-state index is 11.8. The zero-order valence-corrected chi connectivity index (χ0v) is 17.9. The second kappa shape index (κ2) is 13.9. The first-order valence-electron chi connectivity index (χ1n) is 9.15. The van der Waals surface area contributed by atoms with Gasteiger partial charge in [-0.3, -0.25) is 9.59 Å². The van der Waals surface area contributed by atoms with Crippen molar-refractivity contribution in [1.82, 2.24) is 0 Å². The zero-order valence-electron chi connectivity index (χ0n) is 16.2. The van der Waals surface area contributed by atoms with Crippen LogP contribution in [0.25, 0.3) is 0 Å². The Morgan fingerprint density at radius 3 is 1.75 bits per heavy atom. The lowest BCUT2D eigenvalue weighted by Crippen LogP contribution is -2.28. The van der Waals surface area contributed by atoms with E-state index in [4.69, 9.17) is 21.7 Å². The fourth-order valence-corrected chi connectivity index (χ4v) is 2.64. The molecule has 0 amide bonds. The smallest absolute Gasteiger partial charge is 0.320 e. The molecule has 28 heavy (non-hydrogen) atoms. The van der Waals surface area contributed by atoms with Gasteiger partial charge in [-0.05, 0) is 37.8 Å². The molecule has 0 fully saturated rings. The summed E-state index contributed by atoms with van der Waals surface area (Å²) >= 11 is 8.85. The van der Waals surface area contributed by atoms with Gasteiger partial charge in [0.25, 0.3) is 0 Å². The van der Waals surface area contributed by atoms with Crippen molar-refractivity contribution in [3.8, 4) is 0 Å². The molecule has 0 saturated carbocycles. The van der Waals surface area contributed by atoms with Gasteiger partial charge in [-0.2, -0.15) is 0 Å². The maximum Gasteiger partial charge on any atom is 0.320 e. The van der Waals surface area contributed by atoms with Crippen LogP contribution in [-0.4, -0.2) is 29.3 Å². The molecular formula is C22H26O4S2. The lowest BCUT2D eigenvalue weighted by molar-refractivity contribution is -0.161. The van der Waals surface area contributed by atoms with E-state index in [1.165, 1.54) is 0 Å².